The van der Waals surface area contributed by atoms with E-state index in [0.717, 1.165) is 17.9 Å². The zero-order valence-corrected chi connectivity index (χ0v) is 28.8. The van der Waals surface area contributed by atoms with E-state index in [2.05, 4.69) is 30.8 Å². The lowest BCUT2D eigenvalue weighted by Crippen LogP contribution is -2.35. The summed E-state index contributed by atoms with van der Waals surface area (Å²) in [6.45, 7) is -0.758. The zero-order chi connectivity index (χ0) is 35.4. The van der Waals surface area contributed by atoms with Crippen LogP contribution < -0.4 is 20.7 Å². The topological polar surface area (TPSA) is 113 Å². The molecule has 15 heteroatoms. The van der Waals surface area contributed by atoms with Gasteiger partial charge in [0.25, 0.3) is 5.91 Å². The van der Waals surface area contributed by atoms with Gasteiger partial charge in [0.2, 0.25) is 5.91 Å². The smallest absolute Gasteiger partial charge is 0.387 e. The van der Waals surface area contributed by atoms with E-state index in [9.17, 15) is 22.8 Å². The SMILES string of the molecule is Cn1c(C(=O)Nc2cccc(-c3ccnc(-c4ccc(CNC[C@@H]5CCC(=O)N5)c(OC(F)F)c4)c3Cl)c2Cl)nc2c1CCN(CCCF)C2. The number of carbonyl (C=O) groups is 2. The van der Waals surface area contributed by atoms with E-state index in [1.54, 1.807) is 48.0 Å². The Balaban J connectivity index is 1.22. The molecule has 2 aromatic heterocycles. The van der Waals surface area contributed by atoms with Gasteiger partial charge >= 0.3 is 6.61 Å². The Labute approximate surface area is 297 Å². The third-order valence-corrected chi connectivity index (χ3v) is 9.71. The van der Waals surface area contributed by atoms with Crippen LogP contribution in [0.25, 0.3) is 22.4 Å². The van der Waals surface area contributed by atoms with Crippen LogP contribution in [-0.4, -0.2) is 70.2 Å². The van der Waals surface area contributed by atoms with Crippen LogP contribution in [-0.2, 0) is 31.4 Å². The molecule has 6 rings (SSSR count). The summed E-state index contributed by atoms with van der Waals surface area (Å²) in [5, 5.41) is 9.39. The molecule has 10 nitrogen and oxygen atoms in total. The number of imidazole rings is 1. The normalized spacial score (nSPS) is 16.1. The van der Waals surface area contributed by atoms with Crippen molar-refractivity contribution in [2.24, 2.45) is 7.05 Å². The van der Waals surface area contributed by atoms with Crippen LogP contribution >= 0.6 is 23.2 Å². The molecule has 4 heterocycles. The third-order valence-electron chi connectivity index (χ3n) is 8.92. The molecule has 2 aliphatic heterocycles. The van der Waals surface area contributed by atoms with Crippen molar-refractivity contribution in [1.82, 2.24) is 30.1 Å². The molecule has 50 heavy (non-hydrogen) atoms. The average Bonchev–Trinajstić information content (AvgIpc) is 3.67. The highest BCUT2D eigenvalue weighted by atomic mass is 35.5. The van der Waals surface area contributed by atoms with Crippen molar-refractivity contribution >= 4 is 40.7 Å². The second kappa shape index (κ2) is 15.8. The highest BCUT2D eigenvalue weighted by molar-refractivity contribution is 6.39. The summed E-state index contributed by atoms with van der Waals surface area (Å²) in [7, 11) is 1.80. The first-order chi connectivity index (χ1) is 24.1. The number of carbonyl (C=O) groups excluding carboxylic acids is 2. The van der Waals surface area contributed by atoms with Gasteiger partial charge in [0, 0.05) is 92.8 Å². The number of aromatic nitrogens is 3. The predicted octanol–water partition coefficient (Wildman–Crippen LogP) is 6.40. The van der Waals surface area contributed by atoms with Crippen LogP contribution in [0.1, 0.15) is 46.8 Å². The maximum absolute atomic E-state index is 13.5. The molecule has 0 bridgehead atoms. The first-order valence-electron chi connectivity index (χ1n) is 16.3. The molecule has 264 valence electrons. The molecule has 1 atom stereocenters. The Kier molecular flexibility index (Phi) is 11.3. The highest BCUT2D eigenvalue weighted by Crippen LogP contribution is 2.41. The monoisotopic (exact) mass is 729 g/mol. The van der Waals surface area contributed by atoms with Gasteiger partial charge in [-0.2, -0.15) is 8.78 Å². The lowest BCUT2D eigenvalue weighted by atomic mass is 10.0. The number of hydrogen-bond acceptors (Lipinski definition) is 7. The van der Waals surface area contributed by atoms with Crippen LogP contribution in [0.15, 0.2) is 48.7 Å². The van der Waals surface area contributed by atoms with Gasteiger partial charge in [-0.05, 0) is 31.0 Å². The zero-order valence-electron chi connectivity index (χ0n) is 27.2. The molecule has 0 unspecified atom stereocenters. The number of alkyl halides is 3. The summed E-state index contributed by atoms with van der Waals surface area (Å²) in [5.74, 6) is -0.240. The first kappa shape index (κ1) is 35.6. The number of anilines is 1. The van der Waals surface area contributed by atoms with E-state index in [1.807, 2.05) is 0 Å². The van der Waals surface area contributed by atoms with Crippen molar-refractivity contribution in [2.45, 2.75) is 51.4 Å². The van der Waals surface area contributed by atoms with Crippen LogP contribution in [0.3, 0.4) is 0 Å². The minimum Gasteiger partial charge on any atom is -0.434 e. The molecular formula is C35H36Cl2F3N7O3. The van der Waals surface area contributed by atoms with Gasteiger partial charge in [-0.1, -0.05) is 47.5 Å². The van der Waals surface area contributed by atoms with E-state index in [-0.39, 0.29) is 46.8 Å². The Hall–Kier alpha value is -4.17. The Bertz CT molecular complexity index is 1890. The molecule has 1 saturated heterocycles. The van der Waals surface area contributed by atoms with Gasteiger partial charge in [0.15, 0.2) is 5.82 Å². The molecule has 2 aliphatic rings. The average molecular weight is 731 g/mol. The lowest BCUT2D eigenvalue weighted by Gasteiger charge is -2.26. The number of nitrogens with zero attached hydrogens (tertiary/aromatic N) is 4. The maximum atomic E-state index is 13.5. The van der Waals surface area contributed by atoms with E-state index in [4.69, 9.17) is 27.9 Å². The number of benzene rings is 2. The quantitative estimate of drug-likeness (QED) is 0.146. The van der Waals surface area contributed by atoms with E-state index in [1.165, 1.54) is 12.3 Å². The van der Waals surface area contributed by atoms with Crippen molar-refractivity contribution in [3.05, 3.63) is 81.5 Å². The van der Waals surface area contributed by atoms with Crippen LogP contribution in [0.5, 0.6) is 5.75 Å². The fourth-order valence-electron chi connectivity index (χ4n) is 6.39. The van der Waals surface area contributed by atoms with E-state index < -0.39 is 12.5 Å². The molecule has 0 radical (unpaired) electrons. The minimum absolute atomic E-state index is 0.00446. The number of rotatable bonds is 13. The van der Waals surface area contributed by atoms with Crippen molar-refractivity contribution in [1.29, 1.82) is 0 Å². The summed E-state index contributed by atoms with van der Waals surface area (Å²) >= 11 is 13.8. The van der Waals surface area contributed by atoms with E-state index >= 15 is 0 Å². The fraction of sp³-hybridized carbons (Fsp3) is 0.371. The Morgan fingerprint density at radius 1 is 1.14 bits per heavy atom. The molecule has 2 aromatic carbocycles. The summed E-state index contributed by atoms with van der Waals surface area (Å²) < 4.78 is 46.2. The van der Waals surface area contributed by atoms with Crippen molar-refractivity contribution < 1.29 is 27.5 Å². The molecule has 4 aromatic rings. The predicted molar refractivity (Wildman–Crippen MR) is 185 cm³/mol. The number of halogens is 5. The van der Waals surface area contributed by atoms with Gasteiger partial charge in [-0.25, -0.2) is 4.98 Å². The number of amides is 2. The minimum atomic E-state index is -3.05. The summed E-state index contributed by atoms with van der Waals surface area (Å²) in [6.07, 6.45) is 3.87. The number of nitrogens with one attached hydrogen (secondary N) is 3. The van der Waals surface area contributed by atoms with Gasteiger partial charge in [-0.3, -0.25) is 23.9 Å². The molecule has 2 amide bonds. The summed E-state index contributed by atoms with van der Waals surface area (Å²) in [6, 6.07) is 11.7. The second-order valence-corrected chi connectivity index (χ2v) is 13.0. The first-order valence-corrected chi connectivity index (χ1v) is 17.0. The molecular weight excluding hydrogens is 694 g/mol. The van der Waals surface area contributed by atoms with Crippen LogP contribution in [0.4, 0.5) is 18.9 Å². The molecule has 0 saturated carbocycles. The lowest BCUT2D eigenvalue weighted by molar-refractivity contribution is -0.119. The summed E-state index contributed by atoms with van der Waals surface area (Å²) in [4.78, 5) is 36.1. The molecule has 0 aliphatic carbocycles. The fourth-order valence-corrected chi connectivity index (χ4v) is 6.99. The van der Waals surface area contributed by atoms with Crippen LogP contribution in [0, 0.1) is 0 Å². The Morgan fingerprint density at radius 2 is 1.96 bits per heavy atom. The molecule has 0 spiro atoms. The standard InChI is InChI=1S/C35H36Cl2F3N7O3/c1-46-27-11-15-47(14-3-12-38)19-26(27)44-33(46)34(49)45-25-5-2-4-23(30(25)36)24-10-13-42-32(31(24)37)20-6-7-21(28(16-20)50-35(39)40)17-41-18-22-8-9-29(48)43-22/h2,4-7,10,13,16,22,35,41H,3,8-9,11-12,14-15,17-19H2,1H3,(H,43,48)(H,45,49)/t22-/m0/s1. The van der Waals surface area contributed by atoms with Crippen molar-refractivity contribution in [3.8, 4) is 28.1 Å². The molecule has 3 N–H and O–H groups in total. The summed E-state index contributed by atoms with van der Waals surface area (Å²) in [5.41, 5.74) is 4.40. The highest BCUT2D eigenvalue weighted by Gasteiger charge is 2.26. The van der Waals surface area contributed by atoms with Crippen molar-refractivity contribution in [3.63, 3.8) is 0 Å². The number of ether oxygens (including phenoxy) is 1. The van der Waals surface area contributed by atoms with Gasteiger partial charge in [0.05, 0.1) is 33.8 Å². The number of hydrogen-bond donors (Lipinski definition) is 3. The largest absolute Gasteiger partial charge is 0.434 e. The van der Waals surface area contributed by atoms with Crippen LogP contribution in [0.2, 0.25) is 10.0 Å². The number of pyridine rings is 1. The Morgan fingerprint density at radius 3 is 2.72 bits per heavy atom. The van der Waals surface area contributed by atoms with E-state index in [0.29, 0.717) is 79.0 Å². The third kappa shape index (κ3) is 7.91. The van der Waals surface area contributed by atoms with Gasteiger partial charge in [-0.15, -0.1) is 0 Å². The molecule has 1 fully saturated rings. The van der Waals surface area contributed by atoms with Gasteiger partial charge < -0.3 is 25.3 Å². The second-order valence-electron chi connectivity index (χ2n) is 12.2. The number of fused-ring (bicyclic) bond motifs is 1. The van der Waals surface area contributed by atoms with Gasteiger partial charge in [0.1, 0.15) is 5.75 Å². The van der Waals surface area contributed by atoms with Crippen molar-refractivity contribution in [2.75, 3.05) is 31.6 Å². The maximum Gasteiger partial charge on any atom is 0.387 e.